The zero-order valence-electron chi connectivity index (χ0n) is 8.17. The van der Waals surface area contributed by atoms with Crippen molar-refractivity contribution in [3.8, 4) is 5.75 Å². The molecule has 0 radical (unpaired) electrons. The fourth-order valence-electron chi connectivity index (χ4n) is 1.02. The van der Waals surface area contributed by atoms with Gasteiger partial charge in [-0.3, -0.25) is 0 Å². The summed E-state index contributed by atoms with van der Waals surface area (Å²) in [5.74, 6) is -0.210. The summed E-state index contributed by atoms with van der Waals surface area (Å²) in [4.78, 5) is 0. The molecule has 0 aliphatic heterocycles. The van der Waals surface area contributed by atoms with Crippen molar-refractivity contribution >= 4 is 0 Å². The number of alkyl halides is 3. The Morgan fingerprint density at radius 1 is 1.20 bits per heavy atom. The van der Waals surface area contributed by atoms with Crippen LogP contribution in [0.15, 0.2) is 24.3 Å². The van der Waals surface area contributed by atoms with Crippen LogP contribution < -0.4 is 4.74 Å². The Morgan fingerprint density at radius 2 is 1.87 bits per heavy atom. The maximum Gasteiger partial charge on any atom is 0.419 e. The van der Waals surface area contributed by atoms with Gasteiger partial charge in [0.1, 0.15) is 5.75 Å². The number of hydrogen-bond donors (Lipinski definition) is 0. The largest absolute Gasteiger partial charge is 0.467 e. The number of para-hydroxylation sites is 1. The average molecular weight is 220 g/mol. The van der Waals surface area contributed by atoms with E-state index in [1.165, 1.54) is 18.2 Å². The second-order valence-corrected chi connectivity index (χ2v) is 2.75. The number of benzene rings is 1. The molecular formula is C10H11F3O2. The zero-order valence-corrected chi connectivity index (χ0v) is 8.17. The highest BCUT2D eigenvalue weighted by Gasteiger charge is 2.33. The van der Waals surface area contributed by atoms with E-state index in [1.807, 2.05) is 0 Å². The smallest absolute Gasteiger partial charge is 0.419 e. The molecule has 1 aromatic rings. The number of ether oxygens (including phenoxy) is 2. The lowest BCUT2D eigenvalue weighted by molar-refractivity contribution is -0.139. The van der Waals surface area contributed by atoms with E-state index in [0.29, 0.717) is 6.61 Å². The van der Waals surface area contributed by atoms with Gasteiger partial charge in [0, 0.05) is 6.61 Å². The highest BCUT2D eigenvalue weighted by Crippen LogP contribution is 2.35. The summed E-state index contributed by atoms with van der Waals surface area (Å²) in [7, 11) is 0. The molecule has 0 aromatic heterocycles. The minimum absolute atomic E-state index is 0.177. The monoisotopic (exact) mass is 220 g/mol. The minimum atomic E-state index is -4.40. The molecular weight excluding hydrogens is 209 g/mol. The van der Waals surface area contributed by atoms with Crippen molar-refractivity contribution in [2.45, 2.75) is 13.1 Å². The summed E-state index contributed by atoms with van der Waals surface area (Å²) in [6, 6.07) is 5.04. The summed E-state index contributed by atoms with van der Waals surface area (Å²) in [5, 5.41) is 0. The maximum absolute atomic E-state index is 12.4. The molecule has 0 saturated heterocycles. The Hall–Kier alpha value is -1.23. The lowest BCUT2D eigenvalue weighted by Gasteiger charge is -2.13. The second-order valence-electron chi connectivity index (χ2n) is 2.75. The van der Waals surface area contributed by atoms with Gasteiger partial charge in [-0.05, 0) is 19.1 Å². The van der Waals surface area contributed by atoms with Crippen molar-refractivity contribution in [3.63, 3.8) is 0 Å². The summed E-state index contributed by atoms with van der Waals surface area (Å²) in [5.41, 5.74) is -0.787. The van der Waals surface area contributed by atoms with Crippen LogP contribution in [0.5, 0.6) is 5.75 Å². The fourth-order valence-corrected chi connectivity index (χ4v) is 1.02. The first-order chi connectivity index (χ1) is 7.05. The van der Waals surface area contributed by atoms with Gasteiger partial charge in [-0.15, -0.1) is 0 Å². The van der Waals surface area contributed by atoms with Crippen molar-refractivity contribution in [2.75, 3.05) is 13.4 Å². The van der Waals surface area contributed by atoms with Crippen LogP contribution in [-0.4, -0.2) is 13.4 Å². The van der Waals surface area contributed by atoms with E-state index >= 15 is 0 Å². The van der Waals surface area contributed by atoms with Crippen molar-refractivity contribution in [1.29, 1.82) is 0 Å². The Labute approximate surface area is 85.6 Å². The van der Waals surface area contributed by atoms with Crippen LogP contribution in [0.3, 0.4) is 0 Å². The van der Waals surface area contributed by atoms with Gasteiger partial charge in [-0.25, -0.2) is 0 Å². The summed E-state index contributed by atoms with van der Waals surface area (Å²) in [6.07, 6.45) is -4.40. The van der Waals surface area contributed by atoms with Crippen LogP contribution >= 0.6 is 0 Å². The predicted molar refractivity (Wildman–Crippen MR) is 48.6 cm³/mol. The first-order valence-electron chi connectivity index (χ1n) is 4.42. The van der Waals surface area contributed by atoms with Crippen LogP contribution in [0.25, 0.3) is 0 Å². The van der Waals surface area contributed by atoms with E-state index in [2.05, 4.69) is 0 Å². The molecule has 0 spiro atoms. The second kappa shape index (κ2) is 5.02. The van der Waals surface area contributed by atoms with E-state index in [0.717, 1.165) is 6.07 Å². The van der Waals surface area contributed by atoms with Crippen LogP contribution in [0.4, 0.5) is 13.2 Å². The molecule has 1 aromatic carbocycles. The van der Waals surface area contributed by atoms with Crippen LogP contribution in [0, 0.1) is 0 Å². The van der Waals surface area contributed by atoms with E-state index in [-0.39, 0.29) is 12.5 Å². The van der Waals surface area contributed by atoms with Crippen molar-refractivity contribution in [2.24, 2.45) is 0 Å². The fraction of sp³-hybridized carbons (Fsp3) is 0.400. The molecule has 1 rings (SSSR count). The van der Waals surface area contributed by atoms with Gasteiger partial charge < -0.3 is 9.47 Å². The molecule has 0 saturated carbocycles. The van der Waals surface area contributed by atoms with Gasteiger partial charge in [0.15, 0.2) is 6.79 Å². The van der Waals surface area contributed by atoms with E-state index < -0.39 is 11.7 Å². The van der Waals surface area contributed by atoms with Gasteiger partial charge in [-0.2, -0.15) is 13.2 Å². The molecule has 84 valence electrons. The SMILES string of the molecule is CCOCOc1ccccc1C(F)(F)F. The third-order valence-corrected chi connectivity index (χ3v) is 1.69. The van der Waals surface area contributed by atoms with Gasteiger partial charge in [0.2, 0.25) is 0 Å². The molecule has 5 heteroatoms. The first kappa shape index (κ1) is 11.8. The lowest BCUT2D eigenvalue weighted by Crippen LogP contribution is -2.10. The standard InChI is InChI=1S/C10H11F3O2/c1-2-14-7-15-9-6-4-3-5-8(9)10(11,12)13/h3-6H,2,7H2,1H3. The summed E-state index contributed by atoms with van der Waals surface area (Å²) >= 11 is 0. The topological polar surface area (TPSA) is 18.5 Å². The third kappa shape index (κ3) is 3.43. The molecule has 0 N–H and O–H groups in total. The minimum Gasteiger partial charge on any atom is -0.467 e. The molecule has 2 nitrogen and oxygen atoms in total. The highest BCUT2D eigenvalue weighted by molar-refractivity contribution is 5.35. The van der Waals surface area contributed by atoms with Gasteiger partial charge >= 0.3 is 6.18 Å². The average Bonchev–Trinajstić information content (AvgIpc) is 2.17. The van der Waals surface area contributed by atoms with Crippen molar-refractivity contribution in [1.82, 2.24) is 0 Å². The Balaban J connectivity index is 2.78. The molecule has 0 atom stereocenters. The van der Waals surface area contributed by atoms with Crippen molar-refractivity contribution in [3.05, 3.63) is 29.8 Å². The number of halogens is 3. The highest BCUT2D eigenvalue weighted by atomic mass is 19.4. The Kier molecular flexibility index (Phi) is 3.96. The van der Waals surface area contributed by atoms with E-state index in [1.54, 1.807) is 6.92 Å². The van der Waals surface area contributed by atoms with Gasteiger partial charge in [-0.1, -0.05) is 12.1 Å². The van der Waals surface area contributed by atoms with Crippen molar-refractivity contribution < 1.29 is 22.6 Å². The first-order valence-corrected chi connectivity index (χ1v) is 4.42. The molecule has 15 heavy (non-hydrogen) atoms. The lowest BCUT2D eigenvalue weighted by atomic mass is 10.2. The zero-order chi connectivity index (χ0) is 11.3. The van der Waals surface area contributed by atoms with Gasteiger partial charge in [0.05, 0.1) is 5.56 Å². The van der Waals surface area contributed by atoms with Gasteiger partial charge in [0.25, 0.3) is 0 Å². The Bertz CT molecular complexity index is 310. The maximum atomic E-state index is 12.4. The van der Waals surface area contributed by atoms with E-state index in [4.69, 9.17) is 9.47 Å². The molecule has 0 amide bonds. The van der Waals surface area contributed by atoms with Crippen LogP contribution in [-0.2, 0) is 10.9 Å². The molecule has 0 fully saturated rings. The Morgan fingerprint density at radius 3 is 2.47 bits per heavy atom. The molecule has 0 heterocycles. The summed E-state index contributed by atoms with van der Waals surface area (Å²) in [6.45, 7) is 1.96. The third-order valence-electron chi connectivity index (χ3n) is 1.69. The van der Waals surface area contributed by atoms with E-state index in [9.17, 15) is 13.2 Å². The molecule has 0 unspecified atom stereocenters. The number of rotatable bonds is 4. The van der Waals surface area contributed by atoms with Crippen LogP contribution in [0.2, 0.25) is 0 Å². The number of hydrogen-bond acceptors (Lipinski definition) is 2. The molecule has 0 aliphatic rings. The predicted octanol–water partition coefficient (Wildman–Crippen LogP) is 3.08. The molecule has 0 bridgehead atoms. The summed E-state index contributed by atoms with van der Waals surface area (Å²) < 4.78 is 47.0. The van der Waals surface area contributed by atoms with Crippen LogP contribution in [0.1, 0.15) is 12.5 Å². The quantitative estimate of drug-likeness (QED) is 0.573. The molecule has 0 aliphatic carbocycles. The normalized spacial score (nSPS) is 11.5.